The molecule has 3 aromatic rings. The maximum atomic E-state index is 14.4. The number of nitrogens with zero attached hydrogens (tertiary/aromatic N) is 2. The van der Waals surface area contributed by atoms with Crippen molar-refractivity contribution >= 4 is 5.91 Å². The van der Waals surface area contributed by atoms with E-state index in [0.717, 1.165) is 5.56 Å². The summed E-state index contributed by atoms with van der Waals surface area (Å²) in [6, 6.07) is 14.2. The molecule has 0 saturated carbocycles. The Hall–Kier alpha value is -2.95. The summed E-state index contributed by atoms with van der Waals surface area (Å²) in [6.07, 6.45) is 4.38. The highest BCUT2D eigenvalue weighted by molar-refractivity contribution is 5.77. The van der Waals surface area contributed by atoms with Crippen LogP contribution in [-0.2, 0) is 23.7 Å². The highest BCUT2D eigenvalue weighted by atomic mass is 19.1. The lowest BCUT2D eigenvalue weighted by Gasteiger charge is -2.20. The largest absolute Gasteiger partial charge is 0.342 e. The zero-order chi connectivity index (χ0) is 21.0. The van der Waals surface area contributed by atoms with Crippen molar-refractivity contribution in [3.05, 3.63) is 89.3 Å². The number of hydrogen-bond donors (Lipinski definition) is 1. The lowest BCUT2D eigenvalue weighted by atomic mass is 9.86. The smallest absolute Gasteiger partial charge is 0.221 e. The van der Waals surface area contributed by atoms with Gasteiger partial charge < -0.3 is 9.88 Å². The van der Waals surface area contributed by atoms with Gasteiger partial charge in [0.2, 0.25) is 5.91 Å². The van der Waals surface area contributed by atoms with E-state index in [1.165, 1.54) is 11.6 Å². The molecule has 1 heterocycles. The lowest BCUT2D eigenvalue weighted by molar-refractivity contribution is -0.121. The second-order valence-electron chi connectivity index (χ2n) is 8.37. The fourth-order valence-corrected chi connectivity index (χ4v) is 3.31. The number of aromatic nitrogens is 2. The second kappa shape index (κ2) is 8.60. The molecule has 1 N–H and O–H groups in total. The predicted octanol–water partition coefficient (Wildman–Crippen LogP) is 4.70. The van der Waals surface area contributed by atoms with E-state index in [9.17, 15) is 9.18 Å². The summed E-state index contributed by atoms with van der Waals surface area (Å²) in [6.45, 7) is 6.53. The molecule has 4 nitrogen and oxygen atoms in total. The first-order valence-corrected chi connectivity index (χ1v) is 9.86. The summed E-state index contributed by atoms with van der Waals surface area (Å²) < 4.78 is 16.2. The van der Waals surface area contributed by atoms with E-state index < -0.39 is 6.04 Å². The van der Waals surface area contributed by atoms with Crippen LogP contribution in [0.1, 0.15) is 55.7 Å². The van der Waals surface area contributed by atoms with Gasteiger partial charge in [-0.05, 0) is 29.0 Å². The molecule has 2 aromatic carbocycles. The van der Waals surface area contributed by atoms with Crippen molar-refractivity contribution in [2.45, 2.75) is 45.1 Å². The first-order valence-electron chi connectivity index (χ1n) is 9.86. The van der Waals surface area contributed by atoms with Crippen LogP contribution in [0.15, 0.2) is 60.9 Å². The molecule has 0 radical (unpaired) electrons. The molecule has 0 aliphatic rings. The van der Waals surface area contributed by atoms with Crippen LogP contribution < -0.4 is 5.32 Å². The molecule has 0 spiro atoms. The normalized spacial score (nSPS) is 12.6. The number of halogens is 1. The quantitative estimate of drug-likeness (QED) is 0.660. The number of aryl methyl sites for hydroxylation is 2. The third-order valence-corrected chi connectivity index (χ3v) is 5.10. The number of imidazole rings is 1. The van der Waals surface area contributed by atoms with Gasteiger partial charge in [-0.3, -0.25) is 4.79 Å². The van der Waals surface area contributed by atoms with Gasteiger partial charge in [0.25, 0.3) is 0 Å². The second-order valence-corrected chi connectivity index (χ2v) is 8.37. The molecule has 152 valence electrons. The molecule has 1 amide bonds. The molecule has 0 saturated heterocycles. The van der Waals surface area contributed by atoms with Crippen molar-refractivity contribution < 1.29 is 9.18 Å². The number of carbonyl (C=O) groups excluding carboxylic acids is 1. The van der Waals surface area contributed by atoms with E-state index in [1.807, 2.05) is 7.05 Å². The number of amides is 1. The summed E-state index contributed by atoms with van der Waals surface area (Å²) in [5.41, 5.74) is 2.88. The van der Waals surface area contributed by atoms with E-state index in [0.29, 0.717) is 24.2 Å². The minimum atomic E-state index is -0.632. The minimum absolute atomic E-state index is 0.102. The molecular formula is C24H28FN3O. The van der Waals surface area contributed by atoms with Crippen molar-refractivity contribution in [3.8, 4) is 0 Å². The Balaban J connectivity index is 1.71. The van der Waals surface area contributed by atoms with Crippen LogP contribution in [0, 0.1) is 5.82 Å². The number of rotatable bonds is 6. The van der Waals surface area contributed by atoms with Crippen molar-refractivity contribution in [3.63, 3.8) is 0 Å². The standard InChI is InChI=1S/C24H28FN3O/c1-24(2,3)18-12-9-17(10-13-18)11-14-21(29)27-22(23-26-15-16-28(23)4)19-7-5-6-8-20(19)25/h5-10,12-13,15-16,22H,11,14H2,1-4H3,(H,27,29)/t22-/m1/s1. The number of nitrogens with one attached hydrogen (secondary N) is 1. The van der Waals surface area contributed by atoms with Crippen LogP contribution in [-0.4, -0.2) is 15.5 Å². The molecule has 0 fully saturated rings. The number of carbonyl (C=O) groups is 1. The Labute approximate surface area is 171 Å². The molecule has 0 aliphatic heterocycles. The van der Waals surface area contributed by atoms with Crippen molar-refractivity contribution in [1.82, 2.24) is 14.9 Å². The summed E-state index contributed by atoms with van der Waals surface area (Å²) in [4.78, 5) is 17.0. The average Bonchev–Trinajstić information content (AvgIpc) is 3.10. The van der Waals surface area contributed by atoms with E-state index >= 15 is 0 Å². The molecule has 29 heavy (non-hydrogen) atoms. The van der Waals surface area contributed by atoms with Crippen LogP contribution in [0.4, 0.5) is 4.39 Å². The van der Waals surface area contributed by atoms with Crippen molar-refractivity contribution in [2.24, 2.45) is 7.05 Å². The van der Waals surface area contributed by atoms with E-state index in [1.54, 1.807) is 35.2 Å². The maximum absolute atomic E-state index is 14.4. The van der Waals surface area contributed by atoms with Gasteiger partial charge in [0, 0.05) is 31.4 Å². The van der Waals surface area contributed by atoms with E-state index in [2.05, 4.69) is 55.3 Å². The van der Waals surface area contributed by atoms with Gasteiger partial charge in [0.15, 0.2) is 0 Å². The van der Waals surface area contributed by atoms with Gasteiger partial charge in [-0.25, -0.2) is 9.37 Å². The molecule has 0 aliphatic carbocycles. The third-order valence-electron chi connectivity index (χ3n) is 5.10. The van der Waals surface area contributed by atoms with Gasteiger partial charge in [0.1, 0.15) is 17.7 Å². The summed E-state index contributed by atoms with van der Waals surface area (Å²) in [7, 11) is 1.83. The zero-order valence-electron chi connectivity index (χ0n) is 17.4. The van der Waals surface area contributed by atoms with Crippen molar-refractivity contribution in [1.29, 1.82) is 0 Å². The highest BCUT2D eigenvalue weighted by Gasteiger charge is 2.23. The van der Waals surface area contributed by atoms with Crippen molar-refractivity contribution in [2.75, 3.05) is 0 Å². The van der Waals surface area contributed by atoms with Gasteiger partial charge in [-0.15, -0.1) is 0 Å². The summed E-state index contributed by atoms with van der Waals surface area (Å²) in [5.74, 6) is 0.0951. The Morgan fingerprint density at radius 2 is 1.83 bits per heavy atom. The summed E-state index contributed by atoms with van der Waals surface area (Å²) in [5, 5.41) is 2.96. The van der Waals surface area contributed by atoms with E-state index in [4.69, 9.17) is 0 Å². The fraction of sp³-hybridized carbons (Fsp3) is 0.333. The highest BCUT2D eigenvalue weighted by Crippen LogP contribution is 2.24. The molecule has 1 atom stereocenters. The first-order chi connectivity index (χ1) is 13.8. The molecule has 5 heteroatoms. The molecule has 0 bridgehead atoms. The Morgan fingerprint density at radius 1 is 1.14 bits per heavy atom. The molecule has 1 aromatic heterocycles. The SMILES string of the molecule is Cn1ccnc1[C@H](NC(=O)CCc1ccc(C(C)(C)C)cc1)c1ccccc1F. The zero-order valence-corrected chi connectivity index (χ0v) is 17.4. The fourth-order valence-electron chi connectivity index (χ4n) is 3.31. The Kier molecular flexibility index (Phi) is 6.16. The Bertz CT molecular complexity index is 970. The average molecular weight is 394 g/mol. The van der Waals surface area contributed by atoms with Gasteiger partial charge in [-0.1, -0.05) is 63.2 Å². The summed E-state index contributed by atoms with van der Waals surface area (Å²) >= 11 is 0. The van der Waals surface area contributed by atoms with Crippen LogP contribution in [0.5, 0.6) is 0 Å². The van der Waals surface area contributed by atoms with Gasteiger partial charge in [0.05, 0.1) is 0 Å². The minimum Gasteiger partial charge on any atom is -0.342 e. The van der Waals surface area contributed by atoms with Crippen LogP contribution in [0.3, 0.4) is 0 Å². The van der Waals surface area contributed by atoms with Gasteiger partial charge in [-0.2, -0.15) is 0 Å². The molecular weight excluding hydrogens is 365 g/mol. The number of benzene rings is 2. The van der Waals surface area contributed by atoms with Crippen LogP contribution >= 0.6 is 0 Å². The Morgan fingerprint density at radius 3 is 2.41 bits per heavy atom. The first kappa shape index (κ1) is 20.8. The monoisotopic (exact) mass is 393 g/mol. The van der Waals surface area contributed by atoms with Gasteiger partial charge >= 0.3 is 0 Å². The van der Waals surface area contributed by atoms with E-state index in [-0.39, 0.29) is 17.1 Å². The topological polar surface area (TPSA) is 46.9 Å². The predicted molar refractivity (Wildman–Crippen MR) is 113 cm³/mol. The molecule has 3 rings (SSSR count). The number of hydrogen-bond acceptors (Lipinski definition) is 2. The van der Waals surface area contributed by atoms with Crippen LogP contribution in [0.25, 0.3) is 0 Å². The van der Waals surface area contributed by atoms with Crippen LogP contribution in [0.2, 0.25) is 0 Å². The third kappa shape index (κ3) is 5.11. The maximum Gasteiger partial charge on any atom is 0.221 e. The lowest BCUT2D eigenvalue weighted by Crippen LogP contribution is -2.31. The molecule has 0 unspecified atom stereocenters.